The number of carboxylic acids is 1. The third kappa shape index (κ3) is 7.50. The fourth-order valence-electron chi connectivity index (χ4n) is 3.20. The normalized spacial score (nSPS) is 14.7. The van der Waals surface area contributed by atoms with E-state index < -0.39 is 47.9 Å². The molecule has 0 aliphatic carbocycles. The van der Waals surface area contributed by atoms with Crippen molar-refractivity contribution in [3.63, 3.8) is 0 Å². The molecule has 33 heavy (non-hydrogen) atoms. The van der Waals surface area contributed by atoms with Gasteiger partial charge in [-0.3, -0.25) is 14.4 Å². The first-order chi connectivity index (χ1) is 15.6. The zero-order valence-corrected chi connectivity index (χ0v) is 19.7. The molecule has 10 nitrogen and oxygen atoms in total. The van der Waals surface area contributed by atoms with E-state index in [9.17, 15) is 24.3 Å². The van der Waals surface area contributed by atoms with Crippen molar-refractivity contribution in [2.24, 2.45) is 5.73 Å². The van der Waals surface area contributed by atoms with Gasteiger partial charge in [-0.25, -0.2) is 4.79 Å². The molecule has 0 saturated carbocycles. The maximum atomic E-state index is 12.7. The van der Waals surface area contributed by atoms with Gasteiger partial charge in [-0.15, -0.1) is 0 Å². The third-order valence-electron chi connectivity index (χ3n) is 5.12. The Balaban J connectivity index is 2.02. The second kappa shape index (κ2) is 12.3. The molecule has 7 N–H and O–H groups in total. The Kier molecular flexibility index (Phi) is 9.74. The van der Waals surface area contributed by atoms with E-state index in [1.807, 2.05) is 30.5 Å². The number of carbonyl (C=O) groups is 4. The number of aromatic nitrogens is 1. The van der Waals surface area contributed by atoms with Crippen LogP contribution in [0.1, 0.15) is 25.8 Å². The first-order valence-corrected chi connectivity index (χ1v) is 12.0. The minimum Gasteiger partial charge on any atom is -0.480 e. The SMILES string of the molecule is CSCCC(NC(=O)C(C)N)C(=O)NC(C)C(=O)NC(Cc1c[nH]c2ccccc12)C(=O)O. The Labute approximate surface area is 196 Å². The van der Waals surface area contributed by atoms with Gasteiger partial charge in [0.1, 0.15) is 18.1 Å². The smallest absolute Gasteiger partial charge is 0.326 e. The zero-order valence-electron chi connectivity index (χ0n) is 18.9. The van der Waals surface area contributed by atoms with Crippen molar-refractivity contribution in [1.29, 1.82) is 0 Å². The van der Waals surface area contributed by atoms with Gasteiger partial charge in [-0.05, 0) is 43.9 Å². The number of benzene rings is 1. The molecule has 0 fully saturated rings. The van der Waals surface area contributed by atoms with E-state index in [4.69, 9.17) is 5.73 Å². The molecule has 1 aromatic heterocycles. The molecule has 3 amide bonds. The number of aromatic amines is 1. The van der Waals surface area contributed by atoms with Crippen molar-refractivity contribution in [1.82, 2.24) is 20.9 Å². The van der Waals surface area contributed by atoms with Crippen LogP contribution in [-0.4, -0.2) is 70.0 Å². The molecule has 4 unspecified atom stereocenters. The molecule has 2 aromatic rings. The minimum atomic E-state index is -1.19. The average Bonchev–Trinajstić information content (AvgIpc) is 3.18. The Hall–Kier alpha value is -3.05. The molecule has 2 rings (SSSR count). The predicted molar refractivity (Wildman–Crippen MR) is 128 cm³/mol. The minimum absolute atomic E-state index is 0.0759. The van der Waals surface area contributed by atoms with Gasteiger partial charge in [-0.2, -0.15) is 11.8 Å². The topological polar surface area (TPSA) is 166 Å². The maximum absolute atomic E-state index is 12.7. The van der Waals surface area contributed by atoms with Gasteiger partial charge in [0.05, 0.1) is 6.04 Å². The number of hydrogen-bond donors (Lipinski definition) is 6. The molecule has 0 radical (unpaired) electrons. The molecule has 4 atom stereocenters. The summed E-state index contributed by atoms with van der Waals surface area (Å²) in [6, 6.07) is 3.64. The summed E-state index contributed by atoms with van der Waals surface area (Å²) in [5.74, 6) is -2.22. The number of carboxylic acid groups (broad SMARTS) is 1. The lowest BCUT2D eigenvalue weighted by molar-refractivity contribution is -0.142. The van der Waals surface area contributed by atoms with Crippen LogP contribution in [0.3, 0.4) is 0 Å². The van der Waals surface area contributed by atoms with E-state index in [-0.39, 0.29) is 6.42 Å². The van der Waals surface area contributed by atoms with E-state index in [1.165, 1.54) is 25.6 Å². The van der Waals surface area contributed by atoms with Gasteiger partial charge in [-0.1, -0.05) is 18.2 Å². The highest BCUT2D eigenvalue weighted by Crippen LogP contribution is 2.19. The quantitative estimate of drug-likeness (QED) is 0.257. The van der Waals surface area contributed by atoms with Gasteiger partial charge < -0.3 is 31.8 Å². The van der Waals surface area contributed by atoms with Gasteiger partial charge >= 0.3 is 5.97 Å². The van der Waals surface area contributed by atoms with Crippen LogP contribution in [0, 0.1) is 0 Å². The van der Waals surface area contributed by atoms with Crippen LogP contribution in [0.25, 0.3) is 10.9 Å². The molecule has 0 aliphatic heterocycles. The van der Waals surface area contributed by atoms with Crippen LogP contribution >= 0.6 is 11.8 Å². The van der Waals surface area contributed by atoms with Crippen LogP contribution in [0.15, 0.2) is 30.5 Å². The maximum Gasteiger partial charge on any atom is 0.326 e. The molecular weight excluding hydrogens is 446 g/mol. The molecule has 0 spiro atoms. The Morgan fingerprint density at radius 3 is 2.33 bits per heavy atom. The van der Waals surface area contributed by atoms with Crippen LogP contribution in [0.2, 0.25) is 0 Å². The first kappa shape index (κ1) is 26.2. The lowest BCUT2D eigenvalue weighted by atomic mass is 10.0. The number of nitrogens with one attached hydrogen (secondary N) is 4. The van der Waals surface area contributed by atoms with E-state index in [2.05, 4.69) is 20.9 Å². The fraction of sp³-hybridized carbons (Fsp3) is 0.455. The highest BCUT2D eigenvalue weighted by atomic mass is 32.2. The third-order valence-corrected chi connectivity index (χ3v) is 5.77. The second-order valence-electron chi connectivity index (χ2n) is 7.82. The van der Waals surface area contributed by atoms with Crippen molar-refractivity contribution in [3.8, 4) is 0 Å². The molecule has 180 valence electrons. The standard InChI is InChI=1S/C22H31N5O5S/c1-12(23)19(28)26-17(8-9-33-3)21(30)25-13(2)20(29)27-18(22(31)32)10-14-11-24-16-7-5-4-6-15(14)16/h4-7,11-13,17-18,24H,8-10,23H2,1-3H3,(H,25,30)(H,26,28)(H,27,29)(H,31,32). The molecule has 0 bridgehead atoms. The van der Waals surface area contributed by atoms with Gasteiger partial charge in [0.2, 0.25) is 17.7 Å². The summed E-state index contributed by atoms with van der Waals surface area (Å²) in [5.41, 5.74) is 7.19. The number of fused-ring (bicyclic) bond motifs is 1. The van der Waals surface area contributed by atoms with Crippen molar-refractivity contribution in [2.75, 3.05) is 12.0 Å². The summed E-state index contributed by atoms with van der Waals surface area (Å²) in [6.07, 6.45) is 4.03. The van der Waals surface area contributed by atoms with E-state index in [1.54, 1.807) is 6.20 Å². The molecule has 11 heteroatoms. The second-order valence-corrected chi connectivity index (χ2v) is 8.81. The van der Waals surface area contributed by atoms with Crippen molar-refractivity contribution < 1.29 is 24.3 Å². The number of carbonyl (C=O) groups excluding carboxylic acids is 3. The number of H-pyrrole nitrogens is 1. The van der Waals surface area contributed by atoms with Crippen LogP contribution in [0.5, 0.6) is 0 Å². The number of rotatable bonds is 12. The van der Waals surface area contributed by atoms with Gasteiger partial charge in [0, 0.05) is 23.5 Å². The lowest BCUT2D eigenvalue weighted by Crippen LogP contribution is -2.56. The molecular formula is C22H31N5O5S. The van der Waals surface area contributed by atoms with Gasteiger partial charge in [0.15, 0.2) is 0 Å². The van der Waals surface area contributed by atoms with Crippen LogP contribution in [-0.2, 0) is 25.6 Å². The predicted octanol–water partition coefficient (Wildman–Crippen LogP) is 0.370. The van der Waals surface area contributed by atoms with Crippen molar-refractivity contribution >= 4 is 46.4 Å². The molecule has 0 aliphatic rings. The summed E-state index contributed by atoms with van der Waals surface area (Å²) in [7, 11) is 0. The molecule has 0 saturated heterocycles. The summed E-state index contributed by atoms with van der Waals surface area (Å²) in [4.78, 5) is 52.1. The Bertz CT molecular complexity index is 992. The van der Waals surface area contributed by atoms with E-state index in [0.717, 1.165) is 16.5 Å². The molecule has 1 heterocycles. The summed E-state index contributed by atoms with van der Waals surface area (Å²) < 4.78 is 0. The Morgan fingerprint density at radius 2 is 1.70 bits per heavy atom. The largest absolute Gasteiger partial charge is 0.480 e. The number of aliphatic carboxylic acids is 1. The fourth-order valence-corrected chi connectivity index (χ4v) is 3.68. The number of nitrogens with two attached hydrogens (primary N) is 1. The Morgan fingerprint density at radius 1 is 1.03 bits per heavy atom. The molecule has 1 aromatic carbocycles. The van der Waals surface area contributed by atoms with E-state index in [0.29, 0.717) is 12.2 Å². The lowest BCUT2D eigenvalue weighted by Gasteiger charge is -2.23. The number of thioether (sulfide) groups is 1. The van der Waals surface area contributed by atoms with Crippen LogP contribution < -0.4 is 21.7 Å². The zero-order chi connectivity index (χ0) is 24.5. The van der Waals surface area contributed by atoms with Gasteiger partial charge in [0.25, 0.3) is 0 Å². The average molecular weight is 478 g/mol. The van der Waals surface area contributed by atoms with Crippen molar-refractivity contribution in [2.45, 2.75) is 50.9 Å². The summed E-state index contributed by atoms with van der Waals surface area (Å²) in [6.45, 7) is 2.96. The monoisotopic (exact) mass is 477 g/mol. The number of hydrogen-bond acceptors (Lipinski definition) is 6. The van der Waals surface area contributed by atoms with Crippen LogP contribution in [0.4, 0.5) is 0 Å². The van der Waals surface area contributed by atoms with E-state index >= 15 is 0 Å². The summed E-state index contributed by atoms with van der Waals surface area (Å²) >= 11 is 1.51. The summed E-state index contributed by atoms with van der Waals surface area (Å²) in [5, 5.41) is 18.1. The highest BCUT2D eigenvalue weighted by molar-refractivity contribution is 7.98. The first-order valence-electron chi connectivity index (χ1n) is 10.6. The number of amides is 3. The highest BCUT2D eigenvalue weighted by Gasteiger charge is 2.28. The van der Waals surface area contributed by atoms with Crippen molar-refractivity contribution in [3.05, 3.63) is 36.0 Å². The number of para-hydroxylation sites is 1.